The highest BCUT2D eigenvalue weighted by atomic mass is 79.9. The zero-order chi connectivity index (χ0) is 18.2. The molecule has 0 aliphatic heterocycles. The Kier molecular flexibility index (Phi) is 6.97. The van der Waals surface area contributed by atoms with E-state index in [1.54, 1.807) is 43.5 Å². The second-order valence-electron chi connectivity index (χ2n) is 5.01. The van der Waals surface area contributed by atoms with Crippen LogP contribution in [-0.4, -0.2) is 30.9 Å². The smallest absolute Gasteiger partial charge is 0.273 e. The third-order valence-electron chi connectivity index (χ3n) is 3.29. The van der Waals surface area contributed by atoms with Gasteiger partial charge in [0.15, 0.2) is 17.6 Å². The predicted octanol–water partition coefficient (Wildman–Crippen LogP) is 3.04. The molecule has 6 nitrogen and oxygen atoms in total. The van der Waals surface area contributed by atoms with E-state index >= 15 is 0 Å². The van der Waals surface area contributed by atoms with Crippen LogP contribution in [0.25, 0.3) is 0 Å². The highest BCUT2D eigenvalue weighted by Gasteiger charge is 2.16. The number of rotatable bonds is 7. The maximum absolute atomic E-state index is 11.9. The van der Waals surface area contributed by atoms with Crippen molar-refractivity contribution in [3.05, 3.63) is 58.1 Å². The standard InChI is InChI=1S/C18H19BrN2O4/c1-3-25-15-10-12(9-14(19)17(15)24-2)11-20-21-18(23)16(22)13-7-5-4-6-8-13/h4-11,16,22H,3H2,1-2H3,(H,21,23)/b20-11-/t16-/m1/s1. The van der Waals surface area contributed by atoms with Crippen molar-refractivity contribution in [2.24, 2.45) is 5.10 Å². The highest BCUT2D eigenvalue weighted by molar-refractivity contribution is 9.10. The molecule has 1 amide bonds. The Labute approximate surface area is 154 Å². The molecule has 0 aliphatic carbocycles. The molecular formula is C18H19BrN2O4. The first kappa shape index (κ1) is 19.0. The molecular weight excluding hydrogens is 388 g/mol. The number of carbonyl (C=O) groups excluding carboxylic acids is 1. The molecule has 0 heterocycles. The molecule has 2 aromatic carbocycles. The number of aliphatic hydroxyl groups is 1. The van der Waals surface area contributed by atoms with E-state index < -0.39 is 12.0 Å². The molecule has 132 valence electrons. The van der Waals surface area contributed by atoms with Crippen molar-refractivity contribution in [1.29, 1.82) is 0 Å². The number of nitrogens with one attached hydrogen (secondary N) is 1. The fraction of sp³-hybridized carbons (Fsp3) is 0.222. The van der Waals surface area contributed by atoms with Gasteiger partial charge < -0.3 is 14.6 Å². The normalized spacial score (nSPS) is 12.0. The second kappa shape index (κ2) is 9.19. The largest absolute Gasteiger partial charge is 0.492 e. The quantitative estimate of drug-likeness (QED) is 0.546. The van der Waals surface area contributed by atoms with E-state index in [-0.39, 0.29) is 0 Å². The number of hydrogen-bond donors (Lipinski definition) is 2. The predicted molar refractivity (Wildman–Crippen MR) is 99.0 cm³/mol. The third-order valence-corrected chi connectivity index (χ3v) is 3.88. The molecule has 25 heavy (non-hydrogen) atoms. The Balaban J connectivity index is 2.07. The number of benzene rings is 2. The topological polar surface area (TPSA) is 80.2 Å². The molecule has 7 heteroatoms. The Morgan fingerprint density at radius 2 is 2.08 bits per heavy atom. The van der Waals surface area contributed by atoms with E-state index in [1.165, 1.54) is 6.21 Å². The summed E-state index contributed by atoms with van der Waals surface area (Å²) < 4.78 is 11.5. The first-order valence-corrected chi connectivity index (χ1v) is 8.42. The van der Waals surface area contributed by atoms with Gasteiger partial charge in [0.25, 0.3) is 5.91 Å². The lowest BCUT2D eigenvalue weighted by Gasteiger charge is -2.12. The number of aliphatic hydroxyl groups excluding tert-OH is 1. The summed E-state index contributed by atoms with van der Waals surface area (Å²) in [6.07, 6.45) is 0.183. The Hall–Kier alpha value is -2.38. The van der Waals surface area contributed by atoms with Gasteiger partial charge in [-0.05, 0) is 46.1 Å². The van der Waals surface area contributed by atoms with E-state index in [4.69, 9.17) is 9.47 Å². The Morgan fingerprint density at radius 1 is 1.36 bits per heavy atom. The van der Waals surface area contributed by atoms with Gasteiger partial charge in [-0.2, -0.15) is 5.10 Å². The zero-order valence-electron chi connectivity index (χ0n) is 13.9. The lowest BCUT2D eigenvalue weighted by molar-refractivity contribution is -0.129. The minimum absolute atomic E-state index is 0.489. The van der Waals surface area contributed by atoms with Crippen molar-refractivity contribution < 1.29 is 19.4 Å². The number of methoxy groups -OCH3 is 1. The third kappa shape index (κ3) is 5.04. The molecule has 0 unspecified atom stereocenters. The first-order valence-electron chi connectivity index (χ1n) is 7.63. The number of halogens is 1. The molecule has 0 fully saturated rings. The molecule has 2 N–H and O–H groups in total. The van der Waals surface area contributed by atoms with Gasteiger partial charge in [-0.15, -0.1) is 0 Å². The van der Waals surface area contributed by atoms with Crippen molar-refractivity contribution >= 4 is 28.1 Å². The minimum Gasteiger partial charge on any atom is -0.492 e. The Bertz CT molecular complexity index is 750. The number of amides is 1. The number of nitrogens with zero attached hydrogens (tertiary/aromatic N) is 1. The van der Waals surface area contributed by atoms with Gasteiger partial charge in [0, 0.05) is 0 Å². The van der Waals surface area contributed by atoms with Crippen LogP contribution in [-0.2, 0) is 4.79 Å². The maximum atomic E-state index is 11.9. The van der Waals surface area contributed by atoms with Gasteiger partial charge in [-0.3, -0.25) is 4.79 Å². The number of hydrazone groups is 1. The summed E-state index contributed by atoms with van der Waals surface area (Å²) in [6.45, 7) is 2.36. The van der Waals surface area contributed by atoms with E-state index in [9.17, 15) is 9.90 Å². The summed E-state index contributed by atoms with van der Waals surface area (Å²) in [5.41, 5.74) is 3.52. The van der Waals surface area contributed by atoms with E-state index in [0.717, 1.165) is 0 Å². The summed E-state index contributed by atoms with van der Waals surface area (Å²) >= 11 is 3.41. The molecule has 0 spiro atoms. The molecule has 2 rings (SSSR count). The van der Waals surface area contributed by atoms with Crippen LogP contribution >= 0.6 is 15.9 Å². The average molecular weight is 407 g/mol. The summed E-state index contributed by atoms with van der Waals surface area (Å²) in [4.78, 5) is 11.9. The van der Waals surface area contributed by atoms with Crippen LogP contribution in [0.3, 0.4) is 0 Å². The van der Waals surface area contributed by atoms with Gasteiger partial charge in [-0.1, -0.05) is 30.3 Å². The summed E-state index contributed by atoms with van der Waals surface area (Å²) in [5, 5.41) is 13.9. The van der Waals surface area contributed by atoms with E-state index in [0.29, 0.717) is 33.7 Å². The van der Waals surface area contributed by atoms with Gasteiger partial charge >= 0.3 is 0 Å². The van der Waals surface area contributed by atoms with Crippen LogP contribution in [0.2, 0.25) is 0 Å². The zero-order valence-corrected chi connectivity index (χ0v) is 15.5. The van der Waals surface area contributed by atoms with Crippen molar-refractivity contribution in [2.45, 2.75) is 13.0 Å². The molecule has 0 radical (unpaired) electrons. The fourth-order valence-electron chi connectivity index (χ4n) is 2.14. The van der Waals surface area contributed by atoms with E-state index in [1.807, 2.05) is 13.0 Å². The summed E-state index contributed by atoms with van der Waals surface area (Å²) in [7, 11) is 1.56. The monoisotopic (exact) mass is 406 g/mol. The fourth-order valence-corrected chi connectivity index (χ4v) is 2.76. The molecule has 0 aliphatic rings. The summed E-state index contributed by atoms with van der Waals surface area (Å²) in [6, 6.07) is 12.2. The van der Waals surface area contributed by atoms with Gasteiger partial charge in [-0.25, -0.2) is 5.43 Å². The molecule has 1 atom stereocenters. The first-order chi connectivity index (χ1) is 12.1. The van der Waals surface area contributed by atoms with Crippen LogP contribution in [0.15, 0.2) is 52.0 Å². The SMILES string of the molecule is CCOc1cc(/C=N\NC(=O)[C@H](O)c2ccccc2)cc(Br)c1OC. The molecule has 0 saturated carbocycles. The lowest BCUT2D eigenvalue weighted by atomic mass is 10.1. The van der Waals surface area contributed by atoms with Crippen LogP contribution in [0.1, 0.15) is 24.2 Å². The van der Waals surface area contributed by atoms with Gasteiger partial charge in [0.05, 0.1) is 24.4 Å². The lowest BCUT2D eigenvalue weighted by Crippen LogP contribution is -2.25. The minimum atomic E-state index is -1.28. The van der Waals surface area contributed by atoms with Gasteiger partial charge in [0.2, 0.25) is 0 Å². The van der Waals surface area contributed by atoms with Crippen molar-refractivity contribution in [3.63, 3.8) is 0 Å². The van der Waals surface area contributed by atoms with Crippen molar-refractivity contribution in [1.82, 2.24) is 5.43 Å². The Morgan fingerprint density at radius 3 is 2.72 bits per heavy atom. The second-order valence-corrected chi connectivity index (χ2v) is 5.87. The van der Waals surface area contributed by atoms with Crippen molar-refractivity contribution in [2.75, 3.05) is 13.7 Å². The van der Waals surface area contributed by atoms with E-state index in [2.05, 4.69) is 26.5 Å². The maximum Gasteiger partial charge on any atom is 0.273 e. The number of carbonyl (C=O) groups is 1. The van der Waals surface area contributed by atoms with Gasteiger partial charge in [0.1, 0.15) is 0 Å². The molecule has 0 aromatic heterocycles. The van der Waals surface area contributed by atoms with Crippen LogP contribution in [0.4, 0.5) is 0 Å². The molecule has 0 saturated heterocycles. The average Bonchev–Trinajstić information content (AvgIpc) is 2.62. The summed E-state index contributed by atoms with van der Waals surface area (Å²) in [5.74, 6) is 0.541. The molecule has 2 aromatic rings. The van der Waals surface area contributed by atoms with Crippen LogP contribution < -0.4 is 14.9 Å². The number of ether oxygens (including phenoxy) is 2. The van der Waals surface area contributed by atoms with Crippen molar-refractivity contribution in [3.8, 4) is 11.5 Å². The highest BCUT2D eigenvalue weighted by Crippen LogP contribution is 2.36. The molecule has 0 bridgehead atoms. The number of hydrogen-bond acceptors (Lipinski definition) is 5. The van der Waals surface area contributed by atoms with Crippen LogP contribution in [0, 0.1) is 0 Å². The van der Waals surface area contributed by atoms with Crippen LogP contribution in [0.5, 0.6) is 11.5 Å².